The molecular formula is C12H15ClN2O. The summed E-state index contributed by atoms with van der Waals surface area (Å²) in [5, 5.41) is 0.738. The zero-order valence-corrected chi connectivity index (χ0v) is 9.95. The van der Waals surface area contributed by atoms with Crippen LogP contribution in [0, 0.1) is 0 Å². The van der Waals surface area contributed by atoms with Gasteiger partial charge in [-0.05, 0) is 24.6 Å². The lowest BCUT2D eigenvalue weighted by Gasteiger charge is -2.04. The maximum absolute atomic E-state index is 5.83. The number of ether oxygens (including phenoxy) is 1. The first-order valence-corrected chi connectivity index (χ1v) is 5.73. The summed E-state index contributed by atoms with van der Waals surface area (Å²) in [5.74, 6) is 0.759. The Morgan fingerprint density at radius 1 is 1.50 bits per heavy atom. The molecule has 1 aromatic carbocycles. The van der Waals surface area contributed by atoms with Crippen LogP contribution in [0.4, 0.5) is 0 Å². The largest absolute Gasteiger partial charge is 0.478 e. The van der Waals surface area contributed by atoms with E-state index in [1.807, 2.05) is 31.2 Å². The molecule has 1 heterocycles. The molecule has 1 aliphatic rings. The molecule has 0 fully saturated rings. The van der Waals surface area contributed by atoms with Crippen molar-refractivity contribution < 1.29 is 4.74 Å². The normalized spacial score (nSPS) is 21.4. The van der Waals surface area contributed by atoms with Crippen molar-refractivity contribution in [1.82, 2.24) is 0 Å². The van der Waals surface area contributed by atoms with Crippen molar-refractivity contribution in [3.05, 3.63) is 34.9 Å². The Labute approximate surface area is 100 Å². The summed E-state index contributed by atoms with van der Waals surface area (Å²) >= 11 is 5.83. The topological polar surface area (TPSA) is 47.6 Å². The second-order valence-corrected chi connectivity index (χ2v) is 4.52. The van der Waals surface area contributed by atoms with Gasteiger partial charge in [0, 0.05) is 17.5 Å². The number of hydrogen-bond acceptors (Lipinski definition) is 3. The summed E-state index contributed by atoms with van der Waals surface area (Å²) in [4.78, 5) is 4.50. The Kier molecular flexibility index (Phi) is 3.46. The van der Waals surface area contributed by atoms with E-state index in [1.54, 1.807) is 0 Å². The third-order valence-corrected chi connectivity index (χ3v) is 2.71. The maximum atomic E-state index is 5.83. The van der Waals surface area contributed by atoms with E-state index in [9.17, 15) is 0 Å². The highest BCUT2D eigenvalue weighted by Crippen LogP contribution is 2.25. The highest BCUT2D eigenvalue weighted by molar-refractivity contribution is 6.30. The fraction of sp³-hybridized carbons (Fsp3) is 0.417. The quantitative estimate of drug-likeness (QED) is 0.880. The molecule has 3 nitrogen and oxygen atoms in total. The standard InChI is InChI=1S/C12H15ClN2O/c1-8(14)6-12-15-11(7-16-12)9-2-4-10(13)5-3-9/h2-5,8,11H,6-7,14H2,1H3. The van der Waals surface area contributed by atoms with E-state index in [0.29, 0.717) is 13.0 Å². The summed E-state index contributed by atoms with van der Waals surface area (Å²) in [6, 6.07) is 7.88. The molecule has 0 aromatic heterocycles. The van der Waals surface area contributed by atoms with Crippen LogP contribution in [0.1, 0.15) is 24.9 Å². The van der Waals surface area contributed by atoms with Gasteiger partial charge in [0.1, 0.15) is 12.6 Å². The molecule has 2 N–H and O–H groups in total. The number of halogens is 1. The average Bonchev–Trinajstić information content (AvgIpc) is 2.66. The molecule has 2 atom stereocenters. The van der Waals surface area contributed by atoms with Crippen LogP contribution in [0.5, 0.6) is 0 Å². The molecule has 0 bridgehead atoms. The number of nitrogens with zero attached hydrogens (tertiary/aromatic N) is 1. The number of aliphatic imine (C=N–C) groups is 1. The van der Waals surface area contributed by atoms with Crippen molar-refractivity contribution in [2.75, 3.05) is 6.61 Å². The summed E-state index contributed by atoms with van der Waals surface area (Å²) in [5.41, 5.74) is 6.83. The highest BCUT2D eigenvalue weighted by atomic mass is 35.5. The lowest BCUT2D eigenvalue weighted by molar-refractivity contribution is 0.309. The number of benzene rings is 1. The van der Waals surface area contributed by atoms with Gasteiger partial charge in [-0.1, -0.05) is 23.7 Å². The SMILES string of the molecule is CC(N)CC1=NC(c2ccc(Cl)cc2)CO1. The van der Waals surface area contributed by atoms with E-state index in [0.717, 1.165) is 16.5 Å². The summed E-state index contributed by atoms with van der Waals surface area (Å²) in [6.07, 6.45) is 0.699. The van der Waals surface area contributed by atoms with Crippen LogP contribution in [0.2, 0.25) is 5.02 Å². The Bertz CT molecular complexity index is 387. The van der Waals surface area contributed by atoms with Gasteiger partial charge in [-0.3, -0.25) is 0 Å². The lowest BCUT2D eigenvalue weighted by Crippen LogP contribution is -2.19. The monoisotopic (exact) mass is 238 g/mol. The van der Waals surface area contributed by atoms with Gasteiger partial charge >= 0.3 is 0 Å². The van der Waals surface area contributed by atoms with Gasteiger partial charge in [-0.25, -0.2) is 4.99 Å². The first-order chi connectivity index (χ1) is 7.65. The average molecular weight is 239 g/mol. The Morgan fingerprint density at radius 2 is 2.19 bits per heavy atom. The minimum Gasteiger partial charge on any atom is -0.478 e. The molecule has 0 radical (unpaired) electrons. The second kappa shape index (κ2) is 4.85. The molecule has 86 valence electrons. The third-order valence-electron chi connectivity index (χ3n) is 2.46. The molecule has 4 heteroatoms. The van der Waals surface area contributed by atoms with Gasteiger partial charge in [-0.2, -0.15) is 0 Å². The molecule has 2 rings (SSSR count). The zero-order chi connectivity index (χ0) is 11.5. The van der Waals surface area contributed by atoms with Crippen molar-refractivity contribution in [2.24, 2.45) is 10.7 Å². The number of hydrogen-bond donors (Lipinski definition) is 1. The molecule has 0 aliphatic carbocycles. The van der Waals surface area contributed by atoms with E-state index < -0.39 is 0 Å². The van der Waals surface area contributed by atoms with Crippen LogP contribution in [-0.2, 0) is 4.74 Å². The fourth-order valence-corrected chi connectivity index (χ4v) is 1.79. The van der Waals surface area contributed by atoms with E-state index in [2.05, 4.69) is 4.99 Å². The summed E-state index contributed by atoms with van der Waals surface area (Å²) in [6.45, 7) is 2.55. The summed E-state index contributed by atoms with van der Waals surface area (Å²) < 4.78 is 5.50. The first-order valence-electron chi connectivity index (χ1n) is 5.35. The molecular weight excluding hydrogens is 224 g/mol. The predicted molar refractivity (Wildman–Crippen MR) is 65.8 cm³/mol. The van der Waals surface area contributed by atoms with E-state index in [1.165, 1.54) is 0 Å². The number of rotatable bonds is 3. The fourth-order valence-electron chi connectivity index (χ4n) is 1.67. The minimum absolute atomic E-state index is 0.0858. The van der Waals surface area contributed by atoms with E-state index in [-0.39, 0.29) is 12.1 Å². The van der Waals surface area contributed by atoms with Crippen molar-refractivity contribution in [3.63, 3.8) is 0 Å². The van der Waals surface area contributed by atoms with Crippen LogP contribution in [0.15, 0.2) is 29.3 Å². The second-order valence-electron chi connectivity index (χ2n) is 4.08. The van der Waals surface area contributed by atoms with Crippen molar-refractivity contribution in [3.8, 4) is 0 Å². The maximum Gasteiger partial charge on any atom is 0.185 e. The van der Waals surface area contributed by atoms with Gasteiger partial charge < -0.3 is 10.5 Å². The smallest absolute Gasteiger partial charge is 0.185 e. The van der Waals surface area contributed by atoms with Gasteiger partial charge in [0.2, 0.25) is 0 Å². The molecule has 0 saturated heterocycles. The van der Waals surface area contributed by atoms with Gasteiger partial charge in [0.15, 0.2) is 5.90 Å². The molecule has 1 aromatic rings. The van der Waals surface area contributed by atoms with Crippen molar-refractivity contribution in [2.45, 2.75) is 25.4 Å². The van der Waals surface area contributed by atoms with Crippen LogP contribution < -0.4 is 5.73 Å². The summed E-state index contributed by atoms with van der Waals surface area (Å²) in [7, 11) is 0. The van der Waals surface area contributed by atoms with Crippen LogP contribution in [-0.4, -0.2) is 18.5 Å². The highest BCUT2D eigenvalue weighted by Gasteiger charge is 2.20. The van der Waals surface area contributed by atoms with Gasteiger partial charge in [-0.15, -0.1) is 0 Å². The van der Waals surface area contributed by atoms with Crippen LogP contribution >= 0.6 is 11.6 Å². The van der Waals surface area contributed by atoms with Gasteiger partial charge in [0.05, 0.1) is 0 Å². The van der Waals surface area contributed by atoms with E-state index >= 15 is 0 Å². The zero-order valence-electron chi connectivity index (χ0n) is 9.19. The Hall–Kier alpha value is -1.06. The third kappa shape index (κ3) is 2.74. The Morgan fingerprint density at radius 3 is 2.81 bits per heavy atom. The van der Waals surface area contributed by atoms with Crippen LogP contribution in [0.3, 0.4) is 0 Å². The molecule has 16 heavy (non-hydrogen) atoms. The number of nitrogens with two attached hydrogens (primary N) is 1. The van der Waals surface area contributed by atoms with E-state index in [4.69, 9.17) is 22.1 Å². The molecule has 0 spiro atoms. The molecule has 1 aliphatic heterocycles. The Balaban J connectivity index is 2.07. The first kappa shape index (κ1) is 11.4. The predicted octanol–water partition coefficient (Wildman–Crippen LogP) is 2.55. The molecule has 0 amide bonds. The molecule has 0 saturated carbocycles. The van der Waals surface area contributed by atoms with Crippen molar-refractivity contribution >= 4 is 17.5 Å². The van der Waals surface area contributed by atoms with Gasteiger partial charge in [0.25, 0.3) is 0 Å². The minimum atomic E-state index is 0.0858. The van der Waals surface area contributed by atoms with Crippen molar-refractivity contribution in [1.29, 1.82) is 0 Å². The van der Waals surface area contributed by atoms with Crippen LogP contribution in [0.25, 0.3) is 0 Å². The lowest BCUT2D eigenvalue weighted by atomic mass is 10.1. The molecule has 2 unspecified atom stereocenters.